The first-order valence-electron chi connectivity index (χ1n) is 7.05. The number of ether oxygens (including phenoxy) is 1. The zero-order valence-electron chi connectivity index (χ0n) is 12.5. The number of hydrogen-bond acceptors (Lipinski definition) is 5. The topological polar surface area (TPSA) is 122 Å². The molecule has 9 heteroatoms. The fourth-order valence-electron chi connectivity index (χ4n) is 1.71. The minimum absolute atomic E-state index is 0.0830. The van der Waals surface area contributed by atoms with Gasteiger partial charge in [0, 0.05) is 6.04 Å². The van der Waals surface area contributed by atoms with E-state index in [1.807, 2.05) is 4.72 Å². The van der Waals surface area contributed by atoms with E-state index in [-0.39, 0.29) is 23.5 Å². The first kappa shape index (κ1) is 17.2. The Kier molecular flexibility index (Phi) is 5.22. The first-order valence-corrected chi connectivity index (χ1v) is 8.53. The number of benzene rings is 1. The maximum absolute atomic E-state index is 12.0. The van der Waals surface area contributed by atoms with Gasteiger partial charge in [0.1, 0.15) is 11.8 Å². The van der Waals surface area contributed by atoms with Crippen molar-refractivity contribution in [2.75, 3.05) is 6.61 Å². The molecule has 0 bridgehead atoms. The number of aliphatic carboxylic acids is 1. The van der Waals surface area contributed by atoms with Crippen LogP contribution in [0, 0.1) is 0 Å². The highest BCUT2D eigenvalue weighted by molar-refractivity contribution is 7.89. The molecule has 1 saturated carbocycles. The molecule has 3 N–H and O–H groups in total. The van der Waals surface area contributed by atoms with E-state index in [1.54, 1.807) is 0 Å². The van der Waals surface area contributed by atoms with Crippen molar-refractivity contribution in [3.8, 4) is 5.75 Å². The van der Waals surface area contributed by atoms with Gasteiger partial charge in [-0.1, -0.05) is 0 Å². The van der Waals surface area contributed by atoms with Crippen LogP contribution in [0.15, 0.2) is 29.2 Å². The molecule has 126 valence electrons. The molecule has 8 nitrogen and oxygen atoms in total. The number of rotatable bonds is 8. The second kappa shape index (κ2) is 6.97. The molecular weight excluding hydrogens is 324 g/mol. The van der Waals surface area contributed by atoms with Crippen molar-refractivity contribution in [3.05, 3.63) is 24.3 Å². The van der Waals surface area contributed by atoms with Crippen molar-refractivity contribution in [1.82, 2.24) is 10.0 Å². The summed E-state index contributed by atoms with van der Waals surface area (Å²) in [5, 5.41) is 11.5. The number of carbonyl (C=O) groups is 2. The molecule has 0 saturated heterocycles. The Morgan fingerprint density at radius 3 is 2.43 bits per heavy atom. The molecule has 0 aliphatic heterocycles. The first-order chi connectivity index (χ1) is 10.8. The molecule has 1 atom stereocenters. The third-order valence-electron chi connectivity index (χ3n) is 3.15. The van der Waals surface area contributed by atoms with Crippen LogP contribution in [-0.4, -0.2) is 44.1 Å². The van der Waals surface area contributed by atoms with Crippen molar-refractivity contribution >= 4 is 21.9 Å². The Bertz CT molecular complexity index is 682. The van der Waals surface area contributed by atoms with E-state index in [9.17, 15) is 18.0 Å². The largest absolute Gasteiger partial charge is 0.484 e. The van der Waals surface area contributed by atoms with E-state index >= 15 is 0 Å². The molecule has 1 aromatic rings. The van der Waals surface area contributed by atoms with E-state index in [4.69, 9.17) is 9.84 Å². The normalized spacial score (nSPS) is 15.7. The fraction of sp³-hybridized carbons (Fsp3) is 0.429. The molecule has 1 amide bonds. The van der Waals surface area contributed by atoms with Crippen molar-refractivity contribution in [3.63, 3.8) is 0 Å². The maximum atomic E-state index is 12.0. The van der Waals surface area contributed by atoms with Crippen molar-refractivity contribution < 1.29 is 27.9 Å². The molecule has 23 heavy (non-hydrogen) atoms. The average Bonchev–Trinajstić information content (AvgIpc) is 3.29. The van der Waals surface area contributed by atoms with Crippen molar-refractivity contribution in [1.29, 1.82) is 0 Å². The number of amides is 1. The molecule has 0 aromatic heterocycles. The van der Waals surface area contributed by atoms with Gasteiger partial charge in [0.2, 0.25) is 10.0 Å². The Balaban J connectivity index is 1.92. The van der Waals surface area contributed by atoms with E-state index in [0.29, 0.717) is 5.75 Å². The van der Waals surface area contributed by atoms with E-state index in [1.165, 1.54) is 31.2 Å². The lowest BCUT2D eigenvalue weighted by Gasteiger charge is -2.11. The lowest BCUT2D eigenvalue weighted by atomic mass is 10.3. The molecule has 0 radical (unpaired) electrons. The molecule has 1 aliphatic rings. The van der Waals surface area contributed by atoms with Crippen LogP contribution in [0.4, 0.5) is 0 Å². The fourth-order valence-corrected chi connectivity index (χ4v) is 2.91. The van der Waals surface area contributed by atoms with Crippen LogP contribution in [-0.2, 0) is 19.6 Å². The number of nitrogens with one attached hydrogen (secondary N) is 2. The molecular formula is C14H18N2O6S. The molecule has 0 unspecified atom stereocenters. The Morgan fingerprint density at radius 1 is 1.30 bits per heavy atom. The van der Waals surface area contributed by atoms with Gasteiger partial charge in [-0.2, -0.15) is 4.72 Å². The number of carbonyl (C=O) groups excluding carboxylic acids is 1. The second-order valence-electron chi connectivity index (χ2n) is 5.28. The molecule has 2 rings (SSSR count). The second-order valence-corrected chi connectivity index (χ2v) is 7.00. The van der Waals surface area contributed by atoms with Gasteiger partial charge in [-0.3, -0.25) is 9.59 Å². The predicted octanol–water partition coefficient (Wildman–Crippen LogP) is 0.0954. The minimum atomic E-state index is -3.93. The third-order valence-corrected chi connectivity index (χ3v) is 4.71. The highest BCUT2D eigenvalue weighted by Gasteiger charge is 2.23. The molecule has 1 aliphatic carbocycles. The summed E-state index contributed by atoms with van der Waals surface area (Å²) in [5.74, 6) is -1.14. The van der Waals surface area contributed by atoms with Gasteiger partial charge in [0.15, 0.2) is 6.61 Å². The van der Waals surface area contributed by atoms with Crippen LogP contribution >= 0.6 is 0 Å². The monoisotopic (exact) mass is 342 g/mol. The smallest absolute Gasteiger partial charge is 0.321 e. The SMILES string of the molecule is C[C@@H](NS(=O)(=O)c1ccc(OCC(=O)NC2CC2)cc1)C(=O)O. The lowest BCUT2D eigenvalue weighted by Crippen LogP contribution is -2.38. The quantitative estimate of drug-likeness (QED) is 0.616. The van der Waals surface area contributed by atoms with Crippen LogP contribution in [0.25, 0.3) is 0 Å². The van der Waals surface area contributed by atoms with Gasteiger partial charge >= 0.3 is 5.97 Å². The number of sulfonamides is 1. The van der Waals surface area contributed by atoms with E-state index in [2.05, 4.69) is 5.32 Å². The predicted molar refractivity (Wildman–Crippen MR) is 80.5 cm³/mol. The van der Waals surface area contributed by atoms with Crippen LogP contribution in [0.2, 0.25) is 0 Å². The van der Waals surface area contributed by atoms with Gasteiger partial charge < -0.3 is 15.2 Å². The van der Waals surface area contributed by atoms with Gasteiger partial charge in [-0.25, -0.2) is 8.42 Å². The molecule has 0 spiro atoms. The number of hydrogen-bond donors (Lipinski definition) is 3. The van der Waals surface area contributed by atoms with Crippen LogP contribution in [0.1, 0.15) is 19.8 Å². The number of carboxylic acids is 1. The Labute approximate surface area is 133 Å². The van der Waals surface area contributed by atoms with Gasteiger partial charge in [-0.05, 0) is 44.0 Å². The van der Waals surface area contributed by atoms with Gasteiger partial charge in [-0.15, -0.1) is 0 Å². The van der Waals surface area contributed by atoms with Gasteiger partial charge in [0.25, 0.3) is 5.91 Å². The summed E-state index contributed by atoms with van der Waals surface area (Å²) in [5.41, 5.74) is 0. The highest BCUT2D eigenvalue weighted by atomic mass is 32.2. The third kappa shape index (κ3) is 5.22. The standard InChI is InChI=1S/C14H18N2O6S/c1-9(14(18)19)16-23(20,21)12-6-4-11(5-7-12)22-8-13(17)15-10-2-3-10/h4-7,9-10,16H,2-3,8H2,1H3,(H,15,17)(H,18,19)/t9-/m1/s1. The van der Waals surface area contributed by atoms with E-state index in [0.717, 1.165) is 12.8 Å². The summed E-state index contributed by atoms with van der Waals surface area (Å²) in [6.07, 6.45) is 1.97. The zero-order chi connectivity index (χ0) is 17.0. The maximum Gasteiger partial charge on any atom is 0.321 e. The Hall–Kier alpha value is -2.13. The summed E-state index contributed by atoms with van der Waals surface area (Å²) in [6.45, 7) is 1.09. The van der Waals surface area contributed by atoms with Crippen molar-refractivity contribution in [2.45, 2.75) is 36.7 Å². The molecule has 1 aromatic carbocycles. The summed E-state index contributed by atoms with van der Waals surface area (Å²) in [4.78, 5) is 22.1. The minimum Gasteiger partial charge on any atom is -0.484 e. The zero-order valence-corrected chi connectivity index (χ0v) is 13.3. The molecule has 1 fully saturated rings. The summed E-state index contributed by atoms with van der Waals surface area (Å²) < 4.78 is 31.2. The lowest BCUT2D eigenvalue weighted by molar-refractivity contribution is -0.138. The van der Waals surface area contributed by atoms with Gasteiger partial charge in [0.05, 0.1) is 4.90 Å². The van der Waals surface area contributed by atoms with E-state index < -0.39 is 22.0 Å². The average molecular weight is 342 g/mol. The van der Waals surface area contributed by atoms with Crippen LogP contribution < -0.4 is 14.8 Å². The van der Waals surface area contributed by atoms with Crippen LogP contribution in [0.3, 0.4) is 0 Å². The number of carboxylic acid groups (broad SMARTS) is 1. The summed E-state index contributed by atoms with van der Waals surface area (Å²) in [6, 6.07) is 4.40. The van der Waals surface area contributed by atoms with Crippen molar-refractivity contribution in [2.24, 2.45) is 0 Å². The van der Waals surface area contributed by atoms with Crippen LogP contribution in [0.5, 0.6) is 5.75 Å². The summed E-state index contributed by atoms with van der Waals surface area (Å²) in [7, 11) is -3.93. The Morgan fingerprint density at radius 2 is 1.91 bits per heavy atom. The summed E-state index contributed by atoms with van der Waals surface area (Å²) >= 11 is 0. The highest BCUT2D eigenvalue weighted by Crippen LogP contribution is 2.19. The molecule has 0 heterocycles.